The third-order valence-corrected chi connectivity index (χ3v) is 6.30. The molecular weight excluding hydrogens is 350 g/mol. The number of piperidine rings is 1. The largest absolute Gasteiger partial charge is 0.493 e. The van der Waals surface area contributed by atoms with E-state index < -0.39 is 0 Å². The zero-order valence-electron chi connectivity index (χ0n) is 16.0. The van der Waals surface area contributed by atoms with Gasteiger partial charge >= 0.3 is 0 Å². The third-order valence-electron chi connectivity index (χ3n) is 6.30. The van der Waals surface area contributed by atoms with E-state index in [1.165, 1.54) is 16.5 Å². The Kier molecular flexibility index (Phi) is 4.32. The highest BCUT2D eigenvalue weighted by Crippen LogP contribution is 2.35. The first-order valence-electron chi connectivity index (χ1n) is 10.0. The van der Waals surface area contributed by atoms with Gasteiger partial charge in [-0.25, -0.2) is 0 Å². The van der Waals surface area contributed by atoms with Gasteiger partial charge in [-0.05, 0) is 66.6 Å². The Hall–Kier alpha value is -2.79. The topological polar surface area (TPSA) is 66.1 Å². The first-order valence-corrected chi connectivity index (χ1v) is 10.0. The Balaban J connectivity index is 1.37. The van der Waals surface area contributed by atoms with Crippen LogP contribution in [0.2, 0.25) is 0 Å². The summed E-state index contributed by atoms with van der Waals surface area (Å²) < 4.78 is 6.19. The highest BCUT2D eigenvalue weighted by molar-refractivity contribution is 5.98. The molecule has 2 aromatic carbocycles. The SMILES string of the molecule is C[C@H]1NCC[C@@H](c2ccc3cc[nH]c3c2)[C@@H]1COc1ccc2c(c1)C(=O)NC2. The molecule has 0 unspecified atom stereocenters. The molecule has 2 aliphatic heterocycles. The molecule has 1 aromatic heterocycles. The first kappa shape index (κ1) is 17.3. The van der Waals surface area contributed by atoms with Gasteiger partial charge in [0.15, 0.2) is 0 Å². The van der Waals surface area contributed by atoms with Crippen LogP contribution in [0, 0.1) is 5.92 Å². The Labute approximate surface area is 164 Å². The van der Waals surface area contributed by atoms with Crippen LogP contribution in [0.1, 0.15) is 40.7 Å². The lowest BCUT2D eigenvalue weighted by Gasteiger charge is -2.37. The Morgan fingerprint density at radius 2 is 2.07 bits per heavy atom. The molecule has 1 fully saturated rings. The second-order valence-electron chi connectivity index (χ2n) is 7.94. The molecule has 3 heterocycles. The number of benzene rings is 2. The molecule has 144 valence electrons. The van der Waals surface area contributed by atoms with Gasteiger partial charge in [0.1, 0.15) is 5.75 Å². The van der Waals surface area contributed by atoms with E-state index in [2.05, 4.69) is 46.8 Å². The molecular formula is C23H25N3O2. The Bertz CT molecular complexity index is 1030. The minimum Gasteiger partial charge on any atom is -0.493 e. The van der Waals surface area contributed by atoms with Gasteiger partial charge in [0, 0.05) is 35.8 Å². The Morgan fingerprint density at radius 3 is 3.00 bits per heavy atom. The fraction of sp³-hybridized carbons (Fsp3) is 0.348. The number of fused-ring (bicyclic) bond motifs is 2. The molecule has 0 spiro atoms. The number of aromatic nitrogens is 1. The molecule has 28 heavy (non-hydrogen) atoms. The summed E-state index contributed by atoms with van der Waals surface area (Å²) in [6.07, 6.45) is 3.08. The van der Waals surface area contributed by atoms with Crippen molar-refractivity contribution < 1.29 is 9.53 Å². The standard InChI is InChI=1S/C23H25N3O2/c1-14-21(13-28-18-5-4-17-12-26-23(27)20(17)11-18)19(7-9-24-14)16-3-2-15-6-8-25-22(15)10-16/h2-6,8,10-11,14,19,21,24-25H,7,9,12-13H2,1H3,(H,26,27)/t14-,19+,21-/m1/s1. The summed E-state index contributed by atoms with van der Waals surface area (Å²) in [5.41, 5.74) is 4.33. The predicted octanol–water partition coefficient (Wildman–Crippen LogP) is 3.57. The van der Waals surface area contributed by atoms with Crippen LogP contribution in [0.3, 0.4) is 0 Å². The van der Waals surface area contributed by atoms with Crippen LogP contribution in [-0.4, -0.2) is 30.1 Å². The fourth-order valence-electron chi connectivity index (χ4n) is 4.62. The van der Waals surface area contributed by atoms with Gasteiger partial charge < -0.3 is 20.4 Å². The van der Waals surface area contributed by atoms with E-state index in [1.807, 2.05) is 24.4 Å². The average molecular weight is 375 g/mol. The summed E-state index contributed by atoms with van der Waals surface area (Å²) in [5.74, 6) is 1.57. The lowest BCUT2D eigenvalue weighted by Crippen LogP contribution is -2.45. The second-order valence-corrected chi connectivity index (χ2v) is 7.94. The van der Waals surface area contributed by atoms with Crippen LogP contribution < -0.4 is 15.4 Å². The molecule has 3 N–H and O–H groups in total. The lowest BCUT2D eigenvalue weighted by molar-refractivity contribution is 0.0965. The minimum absolute atomic E-state index is 0.00900. The summed E-state index contributed by atoms with van der Waals surface area (Å²) in [7, 11) is 0. The zero-order chi connectivity index (χ0) is 19.1. The van der Waals surface area contributed by atoms with Crippen LogP contribution in [0.15, 0.2) is 48.7 Å². The second kappa shape index (κ2) is 6.99. The molecule has 0 bridgehead atoms. The van der Waals surface area contributed by atoms with E-state index in [0.717, 1.165) is 29.8 Å². The van der Waals surface area contributed by atoms with E-state index in [9.17, 15) is 4.79 Å². The number of nitrogens with one attached hydrogen (secondary N) is 3. The summed E-state index contributed by atoms with van der Waals surface area (Å²) in [4.78, 5) is 15.2. The normalized spacial score (nSPS) is 24.2. The molecule has 5 nitrogen and oxygen atoms in total. The predicted molar refractivity (Wildman–Crippen MR) is 110 cm³/mol. The maximum atomic E-state index is 11.9. The van der Waals surface area contributed by atoms with Gasteiger partial charge in [0.25, 0.3) is 5.91 Å². The minimum atomic E-state index is -0.00900. The molecule has 5 rings (SSSR count). The van der Waals surface area contributed by atoms with E-state index in [1.54, 1.807) is 0 Å². The smallest absolute Gasteiger partial charge is 0.252 e. The number of hydrogen-bond acceptors (Lipinski definition) is 3. The average Bonchev–Trinajstić information content (AvgIpc) is 3.33. The van der Waals surface area contributed by atoms with Gasteiger partial charge in [-0.15, -0.1) is 0 Å². The van der Waals surface area contributed by atoms with E-state index in [-0.39, 0.29) is 5.91 Å². The maximum absolute atomic E-state index is 11.9. The van der Waals surface area contributed by atoms with Crippen molar-refractivity contribution in [3.05, 3.63) is 65.4 Å². The van der Waals surface area contributed by atoms with E-state index in [4.69, 9.17) is 4.74 Å². The molecule has 3 aromatic rings. The summed E-state index contributed by atoms with van der Waals surface area (Å²) in [6.45, 7) is 4.50. The number of ether oxygens (including phenoxy) is 1. The highest BCUT2D eigenvalue weighted by Gasteiger charge is 2.32. The number of hydrogen-bond donors (Lipinski definition) is 3. The summed E-state index contributed by atoms with van der Waals surface area (Å²) in [5, 5.41) is 7.70. The third kappa shape index (κ3) is 3.06. The zero-order valence-corrected chi connectivity index (χ0v) is 16.0. The first-order chi connectivity index (χ1) is 13.7. The van der Waals surface area contributed by atoms with E-state index in [0.29, 0.717) is 31.0 Å². The molecule has 3 atom stereocenters. The molecule has 0 saturated carbocycles. The Morgan fingerprint density at radius 1 is 1.14 bits per heavy atom. The molecule has 0 radical (unpaired) electrons. The van der Waals surface area contributed by atoms with E-state index >= 15 is 0 Å². The molecule has 1 amide bonds. The number of rotatable bonds is 4. The summed E-state index contributed by atoms with van der Waals surface area (Å²) >= 11 is 0. The molecule has 2 aliphatic rings. The van der Waals surface area contributed by atoms with Crippen LogP contribution >= 0.6 is 0 Å². The van der Waals surface area contributed by atoms with Crippen molar-refractivity contribution in [1.29, 1.82) is 0 Å². The van der Waals surface area contributed by atoms with Crippen molar-refractivity contribution in [2.75, 3.05) is 13.2 Å². The van der Waals surface area contributed by atoms with Crippen LogP contribution in [-0.2, 0) is 6.54 Å². The van der Waals surface area contributed by atoms with Gasteiger partial charge in [-0.3, -0.25) is 4.79 Å². The van der Waals surface area contributed by atoms with Gasteiger partial charge in [-0.2, -0.15) is 0 Å². The monoisotopic (exact) mass is 375 g/mol. The van der Waals surface area contributed by atoms with Crippen molar-refractivity contribution in [3.8, 4) is 5.75 Å². The van der Waals surface area contributed by atoms with Crippen molar-refractivity contribution in [2.24, 2.45) is 5.92 Å². The fourth-order valence-corrected chi connectivity index (χ4v) is 4.62. The lowest BCUT2D eigenvalue weighted by atomic mass is 9.77. The molecule has 5 heteroatoms. The highest BCUT2D eigenvalue weighted by atomic mass is 16.5. The number of H-pyrrole nitrogens is 1. The van der Waals surface area contributed by atoms with Gasteiger partial charge in [0.2, 0.25) is 0 Å². The number of aromatic amines is 1. The van der Waals surface area contributed by atoms with Crippen LogP contribution in [0.4, 0.5) is 0 Å². The number of amides is 1. The maximum Gasteiger partial charge on any atom is 0.252 e. The number of carbonyl (C=O) groups is 1. The quantitative estimate of drug-likeness (QED) is 0.653. The van der Waals surface area contributed by atoms with Crippen molar-refractivity contribution in [1.82, 2.24) is 15.6 Å². The van der Waals surface area contributed by atoms with Crippen LogP contribution in [0.25, 0.3) is 10.9 Å². The molecule has 0 aliphatic carbocycles. The van der Waals surface area contributed by atoms with Crippen LogP contribution in [0.5, 0.6) is 5.75 Å². The van der Waals surface area contributed by atoms with Crippen molar-refractivity contribution >= 4 is 16.8 Å². The van der Waals surface area contributed by atoms with Gasteiger partial charge in [-0.1, -0.05) is 18.2 Å². The van der Waals surface area contributed by atoms with Gasteiger partial charge in [0.05, 0.1) is 6.61 Å². The summed E-state index contributed by atoms with van der Waals surface area (Å²) in [6, 6.07) is 15.0. The van der Waals surface area contributed by atoms with Crippen molar-refractivity contribution in [2.45, 2.75) is 31.8 Å². The van der Waals surface area contributed by atoms with Crippen molar-refractivity contribution in [3.63, 3.8) is 0 Å². The molecule has 1 saturated heterocycles. The number of carbonyl (C=O) groups excluding carboxylic acids is 1.